The van der Waals surface area contributed by atoms with Crippen molar-refractivity contribution < 1.29 is 14.6 Å². The Hall–Kier alpha value is -0.610. The highest BCUT2D eigenvalue weighted by Gasteiger charge is 2.30. The van der Waals surface area contributed by atoms with Gasteiger partial charge in [-0.25, -0.2) is 4.79 Å². The van der Waals surface area contributed by atoms with Crippen molar-refractivity contribution in [3.8, 4) is 0 Å². The van der Waals surface area contributed by atoms with E-state index in [9.17, 15) is 4.79 Å². The van der Waals surface area contributed by atoms with Crippen LogP contribution in [0.4, 0.5) is 0 Å². The third kappa shape index (κ3) is 4.25. The van der Waals surface area contributed by atoms with Crippen molar-refractivity contribution in [1.29, 1.82) is 0 Å². The summed E-state index contributed by atoms with van der Waals surface area (Å²) in [5.74, 6) is -0.885. The molecule has 0 bridgehead atoms. The van der Waals surface area contributed by atoms with E-state index in [-0.39, 0.29) is 0 Å². The minimum absolute atomic E-state index is 0.513. The molecule has 1 fully saturated rings. The molecule has 0 aromatic heterocycles. The van der Waals surface area contributed by atoms with Gasteiger partial charge in [-0.1, -0.05) is 26.7 Å². The lowest BCUT2D eigenvalue weighted by atomic mass is 9.74. The monoisotopic (exact) mass is 257 g/mol. The zero-order valence-electron chi connectivity index (χ0n) is 11.9. The predicted octanol–water partition coefficient (Wildman–Crippen LogP) is 2.38. The van der Waals surface area contributed by atoms with E-state index in [2.05, 4.69) is 18.7 Å². The molecule has 0 aliphatic carbocycles. The predicted molar refractivity (Wildman–Crippen MR) is 71.7 cm³/mol. The van der Waals surface area contributed by atoms with Gasteiger partial charge in [0.05, 0.1) is 6.61 Å². The van der Waals surface area contributed by atoms with Gasteiger partial charge < -0.3 is 14.7 Å². The van der Waals surface area contributed by atoms with E-state index in [0.29, 0.717) is 12.0 Å². The van der Waals surface area contributed by atoms with Crippen LogP contribution in [-0.4, -0.2) is 48.3 Å². The second kappa shape index (κ2) is 7.10. The molecule has 0 spiro atoms. The fourth-order valence-electron chi connectivity index (χ4n) is 2.64. The number of hydrogen-bond acceptors (Lipinski definition) is 3. The van der Waals surface area contributed by atoms with Crippen LogP contribution < -0.4 is 0 Å². The van der Waals surface area contributed by atoms with Crippen molar-refractivity contribution >= 4 is 5.97 Å². The molecule has 1 atom stereocenters. The number of ether oxygens (including phenoxy) is 1. The average Bonchev–Trinajstić information content (AvgIpc) is 2.39. The topological polar surface area (TPSA) is 49.8 Å². The molecule has 4 nitrogen and oxygen atoms in total. The molecule has 4 heteroatoms. The van der Waals surface area contributed by atoms with Crippen LogP contribution in [0.15, 0.2) is 0 Å². The summed E-state index contributed by atoms with van der Waals surface area (Å²) in [5, 5.41) is 8.71. The number of rotatable bonds is 7. The highest BCUT2D eigenvalue weighted by molar-refractivity contribution is 5.71. The number of carboxylic acid groups (broad SMARTS) is 1. The zero-order valence-corrected chi connectivity index (χ0v) is 11.9. The van der Waals surface area contributed by atoms with Gasteiger partial charge in [0.1, 0.15) is 0 Å². The Balaban J connectivity index is 2.22. The van der Waals surface area contributed by atoms with Crippen LogP contribution in [0.1, 0.15) is 46.5 Å². The maximum Gasteiger partial charge on any atom is 0.332 e. The smallest absolute Gasteiger partial charge is 0.332 e. The Morgan fingerprint density at radius 1 is 1.33 bits per heavy atom. The fraction of sp³-hybridized carbons (Fsp3) is 0.929. The number of likely N-dealkylation sites (tertiary alicyclic amines) is 1. The van der Waals surface area contributed by atoms with Crippen molar-refractivity contribution in [2.45, 2.75) is 52.6 Å². The lowest BCUT2D eigenvalue weighted by molar-refractivity contribution is -0.149. The quantitative estimate of drug-likeness (QED) is 0.760. The summed E-state index contributed by atoms with van der Waals surface area (Å²) in [6, 6.07) is 0. The van der Waals surface area contributed by atoms with Crippen LogP contribution in [0.2, 0.25) is 0 Å². The molecule has 0 aromatic carbocycles. The minimum atomic E-state index is -0.885. The van der Waals surface area contributed by atoms with Gasteiger partial charge in [0.25, 0.3) is 0 Å². The standard InChI is InChI=1S/C14H27NO3/c1-4-14(5-2)6-8-15(9-7-14)10-11-18-12(3)13(16)17/h12H,4-11H2,1-3H3,(H,16,17). The Kier molecular flexibility index (Phi) is 6.09. The van der Waals surface area contributed by atoms with Crippen LogP contribution in [0.3, 0.4) is 0 Å². The van der Waals surface area contributed by atoms with Crippen molar-refractivity contribution in [1.82, 2.24) is 4.90 Å². The van der Waals surface area contributed by atoms with Crippen molar-refractivity contribution in [2.24, 2.45) is 5.41 Å². The van der Waals surface area contributed by atoms with Gasteiger partial charge in [-0.3, -0.25) is 0 Å². The summed E-state index contributed by atoms with van der Waals surface area (Å²) >= 11 is 0. The maximum absolute atomic E-state index is 10.6. The molecule has 1 unspecified atom stereocenters. The summed E-state index contributed by atoms with van der Waals surface area (Å²) in [6.45, 7) is 9.75. The Bertz CT molecular complexity index is 254. The highest BCUT2D eigenvalue weighted by atomic mass is 16.5. The Morgan fingerprint density at radius 3 is 2.33 bits per heavy atom. The second-order valence-corrected chi connectivity index (χ2v) is 5.40. The molecule has 1 saturated heterocycles. The van der Waals surface area contributed by atoms with E-state index in [1.807, 2.05) is 0 Å². The first-order valence-electron chi connectivity index (χ1n) is 7.10. The van der Waals surface area contributed by atoms with Crippen molar-refractivity contribution in [3.05, 3.63) is 0 Å². The molecule has 0 saturated carbocycles. The van der Waals surface area contributed by atoms with E-state index in [1.54, 1.807) is 6.92 Å². The van der Waals surface area contributed by atoms with E-state index in [4.69, 9.17) is 9.84 Å². The summed E-state index contributed by atoms with van der Waals surface area (Å²) in [5.41, 5.74) is 0.547. The third-order valence-electron chi connectivity index (χ3n) is 4.54. The first-order valence-corrected chi connectivity index (χ1v) is 7.10. The molecular formula is C14H27NO3. The summed E-state index contributed by atoms with van der Waals surface area (Å²) < 4.78 is 5.27. The average molecular weight is 257 g/mol. The minimum Gasteiger partial charge on any atom is -0.479 e. The van der Waals surface area contributed by atoms with Crippen molar-refractivity contribution in [3.63, 3.8) is 0 Å². The summed E-state index contributed by atoms with van der Waals surface area (Å²) in [7, 11) is 0. The normalized spacial score (nSPS) is 21.7. The Morgan fingerprint density at radius 2 is 1.89 bits per heavy atom. The molecule has 1 aliphatic rings. The van der Waals surface area contributed by atoms with Gasteiger partial charge in [0.15, 0.2) is 6.10 Å². The van der Waals surface area contributed by atoms with E-state index >= 15 is 0 Å². The number of carbonyl (C=O) groups is 1. The van der Waals surface area contributed by atoms with E-state index in [0.717, 1.165) is 19.6 Å². The molecule has 1 aliphatic heterocycles. The Labute approximate surface area is 110 Å². The van der Waals surface area contributed by atoms with Gasteiger partial charge in [-0.2, -0.15) is 0 Å². The lowest BCUT2D eigenvalue weighted by Gasteiger charge is -2.41. The van der Waals surface area contributed by atoms with E-state index < -0.39 is 12.1 Å². The number of nitrogens with zero attached hydrogens (tertiary/aromatic N) is 1. The van der Waals surface area contributed by atoms with E-state index in [1.165, 1.54) is 25.7 Å². The van der Waals surface area contributed by atoms with Crippen LogP contribution >= 0.6 is 0 Å². The van der Waals surface area contributed by atoms with Crippen molar-refractivity contribution in [2.75, 3.05) is 26.2 Å². The molecule has 0 radical (unpaired) electrons. The fourth-order valence-corrected chi connectivity index (χ4v) is 2.64. The second-order valence-electron chi connectivity index (χ2n) is 5.40. The van der Waals surface area contributed by atoms with Crippen LogP contribution in [0.5, 0.6) is 0 Å². The van der Waals surface area contributed by atoms with Crippen LogP contribution in [0, 0.1) is 5.41 Å². The van der Waals surface area contributed by atoms with Gasteiger partial charge in [-0.05, 0) is 38.3 Å². The van der Waals surface area contributed by atoms with Gasteiger partial charge in [0.2, 0.25) is 0 Å². The summed E-state index contributed by atoms with van der Waals surface area (Å²) in [6.07, 6.45) is 4.36. The molecule has 106 valence electrons. The number of aliphatic carboxylic acids is 1. The lowest BCUT2D eigenvalue weighted by Crippen LogP contribution is -2.41. The van der Waals surface area contributed by atoms with Crippen LogP contribution in [0.25, 0.3) is 0 Å². The first kappa shape index (κ1) is 15.4. The zero-order chi connectivity index (χ0) is 13.6. The number of piperidine rings is 1. The third-order valence-corrected chi connectivity index (χ3v) is 4.54. The maximum atomic E-state index is 10.6. The van der Waals surface area contributed by atoms with Gasteiger partial charge in [0, 0.05) is 6.54 Å². The van der Waals surface area contributed by atoms with Gasteiger partial charge >= 0.3 is 5.97 Å². The van der Waals surface area contributed by atoms with Gasteiger partial charge in [-0.15, -0.1) is 0 Å². The van der Waals surface area contributed by atoms with Crippen LogP contribution in [-0.2, 0) is 9.53 Å². The molecular weight excluding hydrogens is 230 g/mol. The number of carboxylic acids is 1. The molecule has 0 aromatic rings. The highest BCUT2D eigenvalue weighted by Crippen LogP contribution is 2.37. The molecule has 1 N–H and O–H groups in total. The molecule has 18 heavy (non-hydrogen) atoms. The SMILES string of the molecule is CCC1(CC)CCN(CCOC(C)C(=O)O)CC1. The molecule has 1 rings (SSSR count). The number of hydrogen-bond donors (Lipinski definition) is 1. The summed E-state index contributed by atoms with van der Waals surface area (Å²) in [4.78, 5) is 13.0. The largest absolute Gasteiger partial charge is 0.479 e. The molecule has 0 amide bonds. The first-order chi connectivity index (χ1) is 8.53. The molecule has 1 heterocycles.